The van der Waals surface area contributed by atoms with Crippen molar-refractivity contribution in [2.24, 2.45) is 11.8 Å². The number of nitrogens with one attached hydrogen (secondary N) is 1. The largest absolute Gasteiger partial charge is 0.323 e. The Morgan fingerprint density at radius 3 is 2.66 bits per heavy atom. The first kappa shape index (κ1) is 19.8. The van der Waals surface area contributed by atoms with Gasteiger partial charge in [0, 0.05) is 22.5 Å². The van der Waals surface area contributed by atoms with Crippen LogP contribution in [0.25, 0.3) is 10.9 Å². The summed E-state index contributed by atoms with van der Waals surface area (Å²) in [7, 11) is 0. The minimum Gasteiger partial charge on any atom is -0.323 e. The van der Waals surface area contributed by atoms with Crippen molar-refractivity contribution in [1.82, 2.24) is 4.98 Å². The zero-order valence-electron chi connectivity index (χ0n) is 16.4. The molecule has 0 bridgehead atoms. The maximum atomic E-state index is 14.0. The van der Waals surface area contributed by atoms with E-state index < -0.39 is 5.82 Å². The molecule has 1 aliphatic carbocycles. The summed E-state index contributed by atoms with van der Waals surface area (Å²) in [4.78, 5) is 17.1. The van der Waals surface area contributed by atoms with Crippen molar-refractivity contribution in [2.45, 2.75) is 38.5 Å². The number of anilines is 1. The maximum absolute atomic E-state index is 14.0. The smallest absolute Gasteiger partial charge is 0.227 e. The number of hydrogen-bond acceptors (Lipinski definition) is 2. The number of hydrogen-bond donors (Lipinski definition) is 1. The van der Waals surface area contributed by atoms with Gasteiger partial charge in [-0.25, -0.2) is 4.39 Å². The highest BCUT2D eigenvalue weighted by Gasteiger charge is 2.30. The van der Waals surface area contributed by atoms with Gasteiger partial charge in [0.1, 0.15) is 5.82 Å². The normalized spacial score (nSPS) is 20.4. The van der Waals surface area contributed by atoms with Gasteiger partial charge in [0.15, 0.2) is 0 Å². The second-order valence-electron chi connectivity index (χ2n) is 7.93. The zero-order chi connectivity index (χ0) is 20.4. The third-order valence-electron chi connectivity index (χ3n) is 6.20. The van der Waals surface area contributed by atoms with E-state index in [1.807, 2.05) is 25.3 Å². The Hall–Kier alpha value is -2.46. The number of halogens is 2. The molecule has 3 aromatic rings. The molecule has 0 aliphatic heterocycles. The van der Waals surface area contributed by atoms with Gasteiger partial charge in [0.2, 0.25) is 5.91 Å². The molecule has 3 nitrogen and oxygen atoms in total. The molecule has 1 aliphatic rings. The van der Waals surface area contributed by atoms with Crippen molar-refractivity contribution in [1.29, 1.82) is 0 Å². The molecule has 1 N–H and O–H groups in total. The minimum atomic E-state index is -0.508. The number of benzene rings is 2. The SMILES string of the molecule is C[C@@H](C(=O)Nc1ccc(Cl)cc1F)[C@H]1CC[C@H](c2ccnc3ccccc32)CC1. The molecular weight excluding hydrogens is 387 g/mol. The number of aromatic nitrogens is 1. The summed E-state index contributed by atoms with van der Waals surface area (Å²) < 4.78 is 14.0. The number of carbonyl (C=O) groups is 1. The quantitative estimate of drug-likeness (QED) is 0.528. The predicted molar refractivity (Wildman–Crippen MR) is 116 cm³/mol. The fourth-order valence-electron chi connectivity index (χ4n) is 4.46. The summed E-state index contributed by atoms with van der Waals surface area (Å²) in [6.45, 7) is 1.94. The fraction of sp³-hybridized carbons (Fsp3) is 0.333. The number of pyridine rings is 1. The number of fused-ring (bicyclic) bond motifs is 1. The molecule has 0 spiro atoms. The standard InChI is InChI=1S/C24H24ClFN2O/c1-15(24(29)28-23-11-10-18(25)14-21(23)26)16-6-8-17(9-7-16)19-12-13-27-22-5-3-2-4-20(19)22/h2-5,10-17H,6-9H2,1H3,(H,28,29)/t15-,16-,17-/m1/s1. The van der Waals surface area contributed by atoms with E-state index in [0.29, 0.717) is 16.9 Å². The third-order valence-corrected chi connectivity index (χ3v) is 6.44. The lowest BCUT2D eigenvalue weighted by Gasteiger charge is -2.32. The van der Waals surface area contributed by atoms with Gasteiger partial charge < -0.3 is 5.32 Å². The van der Waals surface area contributed by atoms with E-state index in [9.17, 15) is 9.18 Å². The van der Waals surface area contributed by atoms with Gasteiger partial charge in [-0.1, -0.05) is 36.7 Å². The molecule has 5 heteroatoms. The molecule has 0 radical (unpaired) electrons. The lowest BCUT2D eigenvalue weighted by Crippen LogP contribution is -2.30. The number of nitrogens with zero attached hydrogens (tertiary/aromatic N) is 1. The Bertz CT molecular complexity index is 1030. The molecule has 0 saturated heterocycles. The Kier molecular flexibility index (Phi) is 5.81. The first-order valence-electron chi connectivity index (χ1n) is 10.1. The summed E-state index contributed by atoms with van der Waals surface area (Å²) >= 11 is 5.78. The number of amides is 1. The summed E-state index contributed by atoms with van der Waals surface area (Å²) in [5.41, 5.74) is 2.57. The van der Waals surface area contributed by atoms with Crippen LogP contribution >= 0.6 is 11.6 Å². The third kappa shape index (κ3) is 4.27. The average molecular weight is 411 g/mol. The Labute approximate surface area is 175 Å². The fourth-order valence-corrected chi connectivity index (χ4v) is 4.61. The van der Waals surface area contributed by atoms with Crippen molar-refractivity contribution >= 4 is 34.1 Å². The lowest BCUT2D eigenvalue weighted by atomic mass is 9.73. The second-order valence-corrected chi connectivity index (χ2v) is 8.37. The van der Waals surface area contributed by atoms with Crippen molar-refractivity contribution < 1.29 is 9.18 Å². The molecule has 29 heavy (non-hydrogen) atoms. The molecule has 1 fully saturated rings. The molecular formula is C24H24ClFN2O. The van der Waals surface area contributed by atoms with Crippen LogP contribution in [0, 0.1) is 17.7 Å². The van der Waals surface area contributed by atoms with Gasteiger partial charge >= 0.3 is 0 Å². The first-order valence-corrected chi connectivity index (χ1v) is 10.5. The van der Waals surface area contributed by atoms with Gasteiger partial charge in [-0.05, 0) is 73.4 Å². The van der Waals surface area contributed by atoms with Gasteiger partial charge in [-0.2, -0.15) is 0 Å². The number of carbonyl (C=O) groups excluding carboxylic acids is 1. The van der Waals surface area contributed by atoms with E-state index in [4.69, 9.17) is 11.6 Å². The maximum Gasteiger partial charge on any atom is 0.227 e. The van der Waals surface area contributed by atoms with Crippen LogP contribution in [0.5, 0.6) is 0 Å². The van der Waals surface area contributed by atoms with E-state index in [1.165, 1.54) is 23.1 Å². The summed E-state index contributed by atoms with van der Waals surface area (Å²) in [6, 6.07) is 14.7. The topological polar surface area (TPSA) is 42.0 Å². The molecule has 1 amide bonds. The van der Waals surface area contributed by atoms with Crippen molar-refractivity contribution in [2.75, 3.05) is 5.32 Å². The van der Waals surface area contributed by atoms with Gasteiger partial charge in [-0.15, -0.1) is 0 Å². The van der Waals surface area contributed by atoms with Crippen LogP contribution in [0.1, 0.15) is 44.1 Å². The van der Waals surface area contributed by atoms with Crippen LogP contribution < -0.4 is 5.32 Å². The lowest BCUT2D eigenvalue weighted by molar-refractivity contribution is -0.121. The summed E-state index contributed by atoms with van der Waals surface area (Å²) in [5.74, 6) is -0.0200. The first-order chi connectivity index (χ1) is 14.0. The van der Waals surface area contributed by atoms with Crippen molar-refractivity contribution in [3.63, 3.8) is 0 Å². The molecule has 4 rings (SSSR count). The molecule has 1 aromatic heterocycles. The highest BCUT2D eigenvalue weighted by atomic mass is 35.5. The van der Waals surface area contributed by atoms with Gasteiger partial charge in [0.25, 0.3) is 0 Å². The molecule has 1 atom stereocenters. The van der Waals surface area contributed by atoms with E-state index in [0.717, 1.165) is 31.2 Å². The second kappa shape index (κ2) is 8.50. The van der Waals surface area contributed by atoms with Crippen molar-refractivity contribution in [3.05, 3.63) is 71.1 Å². The Balaban J connectivity index is 1.40. The minimum absolute atomic E-state index is 0.135. The van der Waals surface area contributed by atoms with Crippen LogP contribution in [-0.2, 0) is 4.79 Å². The van der Waals surface area contributed by atoms with Crippen LogP contribution in [0.2, 0.25) is 5.02 Å². The summed E-state index contributed by atoms with van der Waals surface area (Å²) in [6.07, 6.45) is 5.95. The monoisotopic (exact) mass is 410 g/mol. The highest BCUT2D eigenvalue weighted by Crippen LogP contribution is 2.40. The average Bonchev–Trinajstić information content (AvgIpc) is 2.75. The molecule has 150 valence electrons. The number of para-hydroxylation sites is 1. The molecule has 1 saturated carbocycles. The highest BCUT2D eigenvalue weighted by molar-refractivity contribution is 6.30. The van der Waals surface area contributed by atoms with Gasteiger partial charge in [0.05, 0.1) is 11.2 Å². The van der Waals surface area contributed by atoms with E-state index >= 15 is 0 Å². The van der Waals surface area contributed by atoms with Crippen LogP contribution in [0.4, 0.5) is 10.1 Å². The number of rotatable bonds is 4. The Morgan fingerprint density at radius 1 is 1.14 bits per heavy atom. The van der Waals surface area contributed by atoms with E-state index in [2.05, 4.69) is 28.5 Å². The predicted octanol–water partition coefficient (Wildman–Crippen LogP) is 6.58. The van der Waals surface area contributed by atoms with E-state index in [1.54, 1.807) is 6.07 Å². The van der Waals surface area contributed by atoms with Crippen LogP contribution in [-0.4, -0.2) is 10.9 Å². The van der Waals surface area contributed by atoms with Crippen LogP contribution in [0.15, 0.2) is 54.7 Å². The molecule has 1 heterocycles. The molecule has 2 aromatic carbocycles. The van der Waals surface area contributed by atoms with Crippen LogP contribution in [0.3, 0.4) is 0 Å². The Morgan fingerprint density at radius 2 is 1.90 bits per heavy atom. The van der Waals surface area contributed by atoms with E-state index in [-0.39, 0.29) is 17.5 Å². The van der Waals surface area contributed by atoms with Crippen molar-refractivity contribution in [3.8, 4) is 0 Å². The zero-order valence-corrected chi connectivity index (χ0v) is 17.1. The summed E-state index contributed by atoms with van der Waals surface area (Å²) in [5, 5.41) is 4.26. The molecule has 0 unspecified atom stereocenters. The van der Waals surface area contributed by atoms with Gasteiger partial charge in [-0.3, -0.25) is 9.78 Å².